The van der Waals surface area contributed by atoms with Gasteiger partial charge in [0, 0.05) is 45.4 Å². The number of nitrogens with zero attached hydrogens (tertiary/aromatic N) is 4. The van der Waals surface area contributed by atoms with Crippen LogP contribution in [0.1, 0.15) is 12.8 Å². The largest absolute Gasteiger partial charge is 0.377 e. The van der Waals surface area contributed by atoms with Gasteiger partial charge in [0.05, 0.1) is 6.10 Å². The summed E-state index contributed by atoms with van der Waals surface area (Å²) in [6, 6.07) is 1.83. The molecule has 1 atom stereocenters. The van der Waals surface area contributed by atoms with E-state index in [4.69, 9.17) is 16.3 Å². The van der Waals surface area contributed by atoms with Crippen LogP contribution in [0, 0.1) is 0 Å². The molecule has 0 radical (unpaired) electrons. The molecule has 0 spiro atoms. The maximum absolute atomic E-state index is 5.90. The van der Waals surface area contributed by atoms with Crippen LogP contribution in [0.2, 0.25) is 5.15 Å². The lowest BCUT2D eigenvalue weighted by Gasteiger charge is -2.36. The number of aromatic nitrogens is 2. The first-order valence-corrected chi connectivity index (χ1v) is 7.25. The summed E-state index contributed by atoms with van der Waals surface area (Å²) in [6.45, 7) is 6.09. The summed E-state index contributed by atoms with van der Waals surface area (Å²) < 4.78 is 5.69. The highest BCUT2D eigenvalue weighted by Gasteiger charge is 2.23. The lowest BCUT2D eigenvalue weighted by Crippen LogP contribution is -2.48. The minimum absolute atomic E-state index is 0.444. The van der Waals surface area contributed by atoms with Crippen molar-refractivity contribution in [1.29, 1.82) is 0 Å². The number of rotatable bonds is 3. The van der Waals surface area contributed by atoms with Crippen molar-refractivity contribution in [3.8, 4) is 0 Å². The van der Waals surface area contributed by atoms with Crippen LogP contribution in [-0.4, -0.2) is 60.3 Å². The second kappa shape index (κ2) is 6.03. The number of anilines is 1. The van der Waals surface area contributed by atoms with Gasteiger partial charge in [0.2, 0.25) is 0 Å². The van der Waals surface area contributed by atoms with Gasteiger partial charge < -0.3 is 9.64 Å². The average molecular weight is 283 g/mol. The van der Waals surface area contributed by atoms with Crippen LogP contribution >= 0.6 is 11.6 Å². The SMILES string of the molecule is Clc1cc(N2CCN(CC3CCCO3)CC2)ncn1. The standard InChI is InChI=1S/C13H19ClN4O/c14-12-8-13(16-10-15-12)18-5-3-17(4-6-18)9-11-2-1-7-19-11/h8,10-11H,1-7,9H2. The van der Waals surface area contributed by atoms with Gasteiger partial charge in [-0.1, -0.05) is 11.6 Å². The first kappa shape index (κ1) is 13.1. The molecule has 0 amide bonds. The third-order valence-electron chi connectivity index (χ3n) is 3.80. The smallest absolute Gasteiger partial charge is 0.134 e. The molecule has 0 N–H and O–H groups in total. The van der Waals surface area contributed by atoms with Crippen molar-refractivity contribution in [3.05, 3.63) is 17.5 Å². The highest BCUT2D eigenvalue weighted by molar-refractivity contribution is 6.29. The molecule has 3 rings (SSSR count). The highest BCUT2D eigenvalue weighted by atomic mass is 35.5. The lowest BCUT2D eigenvalue weighted by molar-refractivity contribution is 0.0712. The maximum atomic E-state index is 5.90. The van der Waals surface area contributed by atoms with Gasteiger partial charge in [-0.25, -0.2) is 9.97 Å². The summed E-state index contributed by atoms with van der Waals surface area (Å²) in [4.78, 5) is 12.9. The molecule has 0 aromatic carbocycles. The molecule has 2 fully saturated rings. The zero-order chi connectivity index (χ0) is 13.1. The Hall–Kier alpha value is -0.910. The molecule has 104 valence electrons. The Morgan fingerprint density at radius 2 is 2.11 bits per heavy atom. The number of hydrogen-bond acceptors (Lipinski definition) is 5. The fourth-order valence-electron chi connectivity index (χ4n) is 2.73. The van der Waals surface area contributed by atoms with Crippen molar-refractivity contribution in [2.24, 2.45) is 0 Å². The Kier molecular flexibility index (Phi) is 4.15. The van der Waals surface area contributed by atoms with Gasteiger partial charge in [0.15, 0.2) is 0 Å². The van der Waals surface area contributed by atoms with E-state index in [1.165, 1.54) is 19.2 Å². The maximum Gasteiger partial charge on any atom is 0.134 e. The number of hydrogen-bond donors (Lipinski definition) is 0. The first-order chi connectivity index (χ1) is 9.31. The van der Waals surface area contributed by atoms with Crippen LogP contribution in [0.5, 0.6) is 0 Å². The van der Waals surface area contributed by atoms with E-state index in [-0.39, 0.29) is 0 Å². The summed E-state index contributed by atoms with van der Waals surface area (Å²) in [5.41, 5.74) is 0. The number of piperazine rings is 1. The van der Waals surface area contributed by atoms with E-state index in [9.17, 15) is 0 Å². The van der Waals surface area contributed by atoms with E-state index in [0.29, 0.717) is 11.3 Å². The lowest BCUT2D eigenvalue weighted by atomic mass is 10.2. The van der Waals surface area contributed by atoms with Crippen LogP contribution < -0.4 is 4.90 Å². The molecule has 2 aliphatic heterocycles. The van der Waals surface area contributed by atoms with E-state index in [1.54, 1.807) is 0 Å². The first-order valence-electron chi connectivity index (χ1n) is 6.88. The van der Waals surface area contributed by atoms with Gasteiger partial charge in [-0.3, -0.25) is 4.90 Å². The predicted molar refractivity (Wildman–Crippen MR) is 74.7 cm³/mol. The Morgan fingerprint density at radius 3 is 2.79 bits per heavy atom. The third-order valence-corrected chi connectivity index (χ3v) is 4.01. The molecule has 1 unspecified atom stereocenters. The quantitative estimate of drug-likeness (QED) is 0.785. The summed E-state index contributed by atoms with van der Waals surface area (Å²) in [5.74, 6) is 0.928. The van der Waals surface area contributed by atoms with Gasteiger partial charge in [0.25, 0.3) is 0 Å². The number of ether oxygens (including phenoxy) is 1. The summed E-state index contributed by atoms with van der Waals surface area (Å²) in [7, 11) is 0. The Balaban J connectivity index is 1.51. The second-order valence-corrected chi connectivity index (χ2v) is 5.51. The Morgan fingerprint density at radius 1 is 1.26 bits per heavy atom. The summed E-state index contributed by atoms with van der Waals surface area (Å²) in [6.07, 6.45) is 4.39. The average Bonchev–Trinajstić information content (AvgIpc) is 2.92. The Bertz CT molecular complexity index is 417. The zero-order valence-corrected chi connectivity index (χ0v) is 11.7. The molecule has 0 bridgehead atoms. The van der Waals surface area contributed by atoms with Crippen molar-refractivity contribution < 1.29 is 4.74 Å². The van der Waals surface area contributed by atoms with E-state index in [1.807, 2.05) is 6.07 Å². The van der Waals surface area contributed by atoms with Gasteiger partial charge in [-0.2, -0.15) is 0 Å². The topological polar surface area (TPSA) is 41.5 Å². The third kappa shape index (κ3) is 3.35. The second-order valence-electron chi connectivity index (χ2n) is 5.12. The molecule has 0 saturated carbocycles. The normalized spacial score (nSPS) is 24.9. The molecule has 6 heteroatoms. The fourth-order valence-corrected chi connectivity index (χ4v) is 2.87. The van der Waals surface area contributed by atoms with Gasteiger partial charge in [-0.05, 0) is 12.8 Å². The van der Waals surface area contributed by atoms with Gasteiger partial charge in [0.1, 0.15) is 17.3 Å². The van der Waals surface area contributed by atoms with Crippen molar-refractivity contribution in [2.45, 2.75) is 18.9 Å². The highest BCUT2D eigenvalue weighted by Crippen LogP contribution is 2.18. The van der Waals surface area contributed by atoms with Gasteiger partial charge in [-0.15, -0.1) is 0 Å². The van der Waals surface area contributed by atoms with Crippen LogP contribution in [0.3, 0.4) is 0 Å². The van der Waals surface area contributed by atoms with Crippen molar-refractivity contribution in [1.82, 2.24) is 14.9 Å². The summed E-state index contributed by atoms with van der Waals surface area (Å²) >= 11 is 5.90. The van der Waals surface area contributed by atoms with Crippen LogP contribution in [-0.2, 0) is 4.74 Å². The minimum atomic E-state index is 0.444. The van der Waals surface area contributed by atoms with Crippen LogP contribution in [0.15, 0.2) is 12.4 Å². The van der Waals surface area contributed by atoms with E-state index in [0.717, 1.165) is 45.1 Å². The van der Waals surface area contributed by atoms with Crippen LogP contribution in [0.25, 0.3) is 0 Å². The Labute approximate surface area is 118 Å². The minimum Gasteiger partial charge on any atom is -0.377 e. The fraction of sp³-hybridized carbons (Fsp3) is 0.692. The molecule has 2 saturated heterocycles. The van der Waals surface area contributed by atoms with Crippen molar-refractivity contribution >= 4 is 17.4 Å². The van der Waals surface area contributed by atoms with Crippen molar-refractivity contribution in [3.63, 3.8) is 0 Å². The van der Waals surface area contributed by atoms with Gasteiger partial charge >= 0.3 is 0 Å². The number of halogens is 1. The van der Waals surface area contributed by atoms with E-state index in [2.05, 4.69) is 19.8 Å². The molecule has 0 aliphatic carbocycles. The molecule has 3 heterocycles. The molecular weight excluding hydrogens is 264 g/mol. The molecule has 2 aliphatic rings. The zero-order valence-electron chi connectivity index (χ0n) is 11.0. The molecule has 1 aromatic heterocycles. The van der Waals surface area contributed by atoms with Crippen molar-refractivity contribution in [2.75, 3.05) is 44.2 Å². The molecule has 19 heavy (non-hydrogen) atoms. The predicted octanol–water partition coefficient (Wildman–Crippen LogP) is 1.43. The molecule has 1 aromatic rings. The molecule has 5 nitrogen and oxygen atoms in total. The van der Waals surface area contributed by atoms with E-state index >= 15 is 0 Å². The molecular formula is C13H19ClN4O. The monoisotopic (exact) mass is 282 g/mol. The summed E-state index contributed by atoms with van der Waals surface area (Å²) in [5, 5.41) is 0.506. The van der Waals surface area contributed by atoms with Crippen LogP contribution in [0.4, 0.5) is 5.82 Å². The van der Waals surface area contributed by atoms with E-state index < -0.39 is 0 Å².